The van der Waals surface area contributed by atoms with Gasteiger partial charge in [0.2, 0.25) is 5.91 Å². The molecule has 0 saturated carbocycles. The van der Waals surface area contributed by atoms with Gasteiger partial charge in [-0.2, -0.15) is 0 Å². The van der Waals surface area contributed by atoms with E-state index in [4.69, 9.17) is 4.74 Å². The van der Waals surface area contributed by atoms with Crippen LogP contribution in [-0.2, 0) is 9.53 Å². The zero-order chi connectivity index (χ0) is 23.1. The van der Waals surface area contributed by atoms with Crippen LogP contribution in [-0.4, -0.2) is 64.4 Å². The number of carbonyl (C=O) groups excluding carboxylic acids is 1. The summed E-state index contributed by atoms with van der Waals surface area (Å²) in [7, 11) is 3.59. The number of hydrogen-bond acceptors (Lipinski definition) is 6. The summed E-state index contributed by atoms with van der Waals surface area (Å²) in [6.45, 7) is 10.8. The van der Waals surface area contributed by atoms with Crippen molar-refractivity contribution in [2.45, 2.75) is 26.7 Å². The van der Waals surface area contributed by atoms with Crippen molar-refractivity contribution in [1.82, 2.24) is 10.6 Å². The summed E-state index contributed by atoms with van der Waals surface area (Å²) >= 11 is 1.50. The number of nitrogens with zero attached hydrogens (tertiary/aromatic N) is 2. The zero-order valence-electron chi connectivity index (χ0n) is 19.5. The first-order valence-corrected chi connectivity index (χ1v) is 11.7. The SMILES string of the molecule is C=NC(=N/C=C(/CNC)C1CCOC1)SC.CNC(=O)CCNc1c(C)cccc1C. The van der Waals surface area contributed by atoms with Crippen molar-refractivity contribution in [3.8, 4) is 0 Å². The van der Waals surface area contributed by atoms with E-state index in [1.165, 1.54) is 28.5 Å². The molecule has 31 heavy (non-hydrogen) atoms. The molecule has 1 aliphatic heterocycles. The number of carbonyl (C=O) groups is 1. The Hall–Kier alpha value is -2.16. The number of benzene rings is 1. The van der Waals surface area contributed by atoms with Crippen LogP contribution < -0.4 is 16.0 Å². The molecule has 0 spiro atoms. The Labute approximate surface area is 191 Å². The summed E-state index contributed by atoms with van der Waals surface area (Å²) in [4.78, 5) is 19.2. The number of aryl methyl sites for hydroxylation is 2. The molecule has 1 saturated heterocycles. The summed E-state index contributed by atoms with van der Waals surface area (Å²) in [6.07, 6.45) is 5.43. The van der Waals surface area contributed by atoms with Crippen molar-refractivity contribution in [3.05, 3.63) is 41.1 Å². The number of likely N-dealkylation sites (N-methyl/N-ethyl adjacent to an activating group) is 1. The Kier molecular flexibility index (Phi) is 13.5. The van der Waals surface area contributed by atoms with Gasteiger partial charge >= 0.3 is 0 Å². The van der Waals surface area contributed by atoms with Crippen molar-refractivity contribution < 1.29 is 9.53 Å². The van der Waals surface area contributed by atoms with E-state index < -0.39 is 0 Å². The number of ether oxygens (including phenoxy) is 1. The fraction of sp³-hybridized carbons (Fsp3) is 0.522. The normalized spacial score (nSPS) is 16.4. The van der Waals surface area contributed by atoms with Crippen LogP contribution in [0, 0.1) is 19.8 Å². The van der Waals surface area contributed by atoms with Gasteiger partial charge in [0.1, 0.15) is 0 Å². The fourth-order valence-electron chi connectivity index (χ4n) is 3.14. The van der Waals surface area contributed by atoms with Gasteiger partial charge in [0, 0.05) is 51.0 Å². The van der Waals surface area contributed by atoms with E-state index in [9.17, 15) is 4.79 Å². The van der Waals surface area contributed by atoms with Crippen molar-refractivity contribution in [2.75, 3.05) is 52.0 Å². The largest absolute Gasteiger partial charge is 0.384 e. The van der Waals surface area contributed by atoms with Crippen LogP contribution in [0.5, 0.6) is 0 Å². The van der Waals surface area contributed by atoms with Crippen molar-refractivity contribution >= 4 is 35.2 Å². The number of hydrogen-bond donors (Lipinski definition) is 3. The highest BCUT2D eigenvalue weighted by atomic mass is 32.2. The van der Waals surface area contributed by atoms with Gasteiger partial charge in [-0.3, -0.25) is 4.79 Å². The molecular weight excluding hydrogens is 410 g/mol. The minimum atomic E-state index is 0.0636. The van der Waals surface area contributed by atoms with Crippen molar-refractivity contribution in [1.29, 1.82) is 0 Å². The molecule has 0 aromatic heterocycles. The van der Waals surface area contributed by atoms with Crippen LogP contribution in [0.15, 0.2) is 40.0 Å². The van der Waals surface area contributed by atoms with Crippen LogP contribution in [0.25, 0.3) is 0 Å². The molecule has 172 valence electrons. The van der Waals surface area contributed by atoms with E-state index in [1.54, 1.807) is 7.05 Å². The summed E-state index contributed by atoms with van der Waals surface area (Å²) < 4.78 is 5.39. The molecule has 0 bridgehead atoms. The molecule has 1 aromatic rings. The molecule has 1 fully saturated rings. The number of amides is 1. The maximum absolute atomic E-state index is 11.0. The molecule has 0 radical (unpaired) electrons. The molecular formula is C23H37N5O2S. The minimum Gasteiger partial charge on any atom is -0.384 e. The van der Waals surface area contributed by atoms with Gasteiger partial charge in [0.15, 0.2) is 5.17 Å². The van der Waals surface area contributed by atoms with Gasteiger partial charge in [-0.25, -0.2) is 9.98 Å². The lowest BCUT2D eigenvalue weighted by Gasteiger charge is -2.11. The van der Waals surface area contributed by atoms with Gasteiger partial charge in [0.05, 0.1) is 6.61 Å². The molecule has 0 aliphatic carbocycles. The topological polar surface area (TPSA) is 87.1 Å². The lowest BCUT2D eigenvalue weighted by molar-refractivity contribution is -0.120. The highest BCUT2D eigenvalue weighted by Gasteiger charge is 2.19. The summed E-state index contributed by atoms with van der Waals surface area (Å²) in [6, 6.07) is 6.17. The maximum Gasteiger partial charge on any atom is 0.221 e. The van der Waals surface area contributed by atoms with E-state index in [2.05, 4.69) is 58.6 Å². The standard InChI is InChI=1S/C12H18N2O.C11H19N3OS/c1-9-5-4-6-10(2)12(9)14-8-7-11(15)13-3;1-12-6-10(9-4-5-15-8-9)7-14-11(13-2)16-3/h4-6,14H,7-8H2,1-3H3,(H,13,15);7,9,12H,2,4-6,8H2,1,3H3/b;10-7-,14-11?. The third kappa shape index (κ3) is 10.1. The minimum absolute atomic E-state index is 0.0636. The Morgan fingerprint density at radius 1 is 1.32 bits per heavy atom. The lowest BCUT2D eigenvalue weighted by atomic mass is 9.99. The van der Waals surface area contributed by atoms with E-state index in [-0.39, 0.29) is 5.91 Å². The van der Waals surface area contributed by atoms with E-state index in [0.717, 1.165) is 31.9 Å². The fourth-order valence-corrected chi connectivity index (χ4v) is 3.43. The molecule has 3 N–H and O–H groups in total. The van der Waals surface area contributed by atoms with Gasteiger partial charge in [-0.1, -0.05) is 30.0 Å². The molecule has 1 atom stereocenters. The van der Waals surface area contributed by atoms with Crippen molar-refractivity contribution in [3.63, 3.8) is 0 Å². The number of rotatable bonds is 8. The molecule has 1 aromatic carbocycles. The predicted molar refractivity (Wildman–Crippen MR) is 135 cm³/mol. The number of thioether (sulfide) groups is 1. The van der Waals surface area contributed by atoms with E-state index >= 15 is 0 Å². The van der Waals surface area contributed by atoms with Crippen LogP contribution >= 0.6 is 11.8 Å². The van der Waals surface area contributed by atoms with Crippen LogP contribution in [0.3, 0.4) is 0 Å². The number of nitrogens with one attached hydrogen (secondary N) is 3. The first-order valence-electron chi connectivity index (χ1n) is 10.5. The smallest absolute Gasteiger partial charge is 0.221 e. The Morgan fingerprint density at radius 2 is 2.03 bits per heavy atom. The van der Waals surface area contributed by atoms with Crippen molar-refractivity contribution in [2.24, 2.45) is 15.9 Å². The number of amidine groups is 1. The number of anilines is 1. The van der Waals surface area contributed by atoms with E-state index in [0.29, 0.717) is 24.1 Å². The third-order valence-corrected chi connectivity index (χ3v) is 5.51. The Morgan fingerprint density at radius 3 is 2.55 bits per heavy atom. The van der Waals surface area contributed by atoms with Crippen LogP contribution in [0.4, 0.5) is 5.69 Å². The highest BCUT2D eigenvalue weighted by Crippen LogP contribution is 2.21. The molecule has 7 nitrogen and oxygen atoms in total. The lowest BCUT2D eigenvalue weighted by Crippen LogP contribution is -2.21. The third-order valence-electron chi connectivity index (χ3n) is 4.91. The average molecular weight is 448 g/mol. The summed E-state index contributed by atoms with van der Waals surface area (Å²) in [5.41, 5.74) is 4.84. The first kappa shape index (κ1) is 26.9. The second-order valence-electron chi connectivity index (χ2n) is 7.19. The second kappa shape index (κ2) is 15.6. The Bertz CT molecular complexity index is 738. The summed E-state index contributed by atoms with van der Waals surface area (Å²) in [5.74, 6) is 0.554. The maximum atomic E-state index is 11.0. The monoisotopic (exact) mass is 447 g/mol. The highest BCUT2D eigenvalue weighted by molar-refractivity contribution is 8.13. The molecule has 2 rings (SSSR count). The molecule has 1 amide bonds. The van der Waals surface area contributed by atoms with Gasteiger partial charge < -0.3 is 20.7 Å². The van der Waals surface area contributed by atoms with Gasteiger partial charge in [-0.05, 0) is 57.0 Å². The van der Waals surface area contributed by atoms with Crippen LogP contribution in [0.2, 0.25) is 0 Å². The van der Waals surface area contributed by atoms with Gasteiger partial charge in [-0.15, -0.1) is 0 Å². The van der Waals surface area contributed by atoms with E-state index in [1.807, 2.05) is 25.6 Å². The zero-order valence-corrected chi connectivity index (χ0v) is 20.3. The molecule has 8 heteroatoms. The number of para-hydroxylation sites is 1. The molecule has 1 aliphatic rings. The summed E-state index contributed by atoms with van der Waals surface area (Å²) in [5, 5.41) is 9.75. The second-order valence-corrected chi connectivity index (χ2v) is 7.96. The quantitative estimate of drug-likeness (QED) is 0.420. The number of aliphatic imine (C=N–C) groups is 2. The average Bonchev–Trinajstić information content (AvgIpc) is 3.31. The van der Waals surface area contributed by atoms with Crippen LogP contribution in [0.1, 0.15) is 24.0 Å². The first-order chi connectivity index (χ1) is 15.0. The molecule has 1 unspecified atom stereocenters. The Balaban J connectivity index is 0.000000311. The predicted octanol–water partition coefficient (Wildman–Crippen LogP) is 3.40. The molecule has 1 heterocycles. The van der Waals surface area contributed by atoms with Gasteiger partial charge in [0.25, 0.3) is 0 Å².